The van der Waals surface area contributed by atoms with Gasteiger partial charge in [0.05, 0.1) is 29.0 Å². The first-order chi connectivity index (χ1) is 20.3. The van der Waals surface area contributed by atoms with E-state index in [4.69, 9.17) is 9.47 Å². The first kappa shape index (κ1) is 30.9. The highest BCUT2D eigenvalue weighted by molar-refractivity contribution is 5.81. The van der Waals surface area contributed by atoms with E-state index >= 15 is 0 Å². The van der Waals surface area contributed by atoms with Crippen molar-refractivity contribution < 1.29 is 19.2 Å². The highest BCUT2D eigenvalue weighted by Gasteiger charge is 2.18. The van der Waals surface area contributed by atoms with Crippen LogP contribution in [0, 0.1) is 39.7 Å². The molecule has 0 aliphatic carbocycles. The summed E-state index contributed by atoms with van der Waals surface area (Å²) in [6, 6.07) is 9.81. The van der Waals surface area contributed by atoms with Crippen LogP contribution in [0.1, 0.15) is 29.5 Å². The second kappa shape index (κ2) is 15.2. The molecule has 15 heteroatoms. The van der Waals surface area contributed by atoms with Gasteiger partial charge in [-0.05, 0) is 31.9 Å². The summed E-state index contributed by atoms with van der Waals surface area (Å²) in [7, 11) is 1.60. The number of carbonyl (C=O) groups is 1. The number of nitrogens with one attached hydrogen (secondary N) is 2. The predicted molar refractivity (Wildman–Crippen MR) is 152 cm³/mol. The van der Waals surface area contributed by atoms with E-state index in [1.165, 1.54) is 35.1 Å². The lowest BCUT2D eigenvalue weighted by atomic mass is 10.1. The fraction of sp³-hybridized carbons (Fsp3) is 0.296. The fourth-order valence-electron chi connectivity index (χ4n) is 3.61. The number of benzene rings is 1. The van der Waals surface area contributed by atoms with Crippen LogP contribution in [0.4, 0.5) is 28.8 Å². The third-order valence-corrected chi connectivity index (χ3v) is 5.75. The topological polar surface area (TPSA) is 206 Å². The Hall–Kier alpha value is -5.67. The van der Waals surface area contributed by atoms with E-state index in [1.54, 1.807) is 14.0 Å². The van der Waals surface area contributed by atoms with Crippen LogP contribution in [0.3, 0.4) is 0 Å². The Labute approximate surface area is 241 Å². The van der Waals surface area contributed by atoms with Gasteiger partial charge < -0.3 is 20.1 Å². The van der Waals surface area contributed by atoms with E-state index in [0.29, 0.717) is 55.4 Å². The van der Waals surface area contributed by atoms with E-state index in [2.05, 4.69) is 43.6 Å². The van der Waals surface area contributed by atoms with Gasteiger partial charge in [-0.25, -0.2) is 14.5 Å². The van der Waals surface area contributed by atoms with Crippen LogP contribution in [-0.2, 0) is 14.3 Å². The minimum atomic E-state index is -0.518. The minimum Gasteiger partial charge on any atom is -0.462 e. The summed E-state index contributed by atoms with van der Waals surface area (Å²) in [5, 5.41) is 49.6. The van der Waals surface area contributed by atoms with Crippen molar-refractivity contribution in [2.24, 2.45) is 10.2 Å². The normalized spacial score (nSPS) is 10.6. The Morgan fingerprint density at radius 1 is 1.14 bits per heavy atom. The summed E-state index contributed by atoms with van der Waals surface area (Å²) in [5.41, 5.74) is 1.53. The average molecular weight is 573 g/mol. The van der Waals surface area contributed by atoms with Crippen LogP contribution in [0.5, 0.6) is 0 Å². The van der Waals surface area contributed by atoms with Gasteiger partial charge in [-0.1, -0.05) is 6.58 Å². The van der Waals surface area contributed by atoms with Crippen molar-refractivity contribution in [1.29, 1.82) is 10.5 Å². The number of nitro groups is 1. The van der Waals surface area contributed by atoms with E-state index in [9.17, 15) is 25.4 Å². The third-order valence-electron chi connectivity index (χ3n) is 5.75. The van der Waals surface area contributed by atoms with Gasteiger partial charge >= 0.3 is 5.97 Å². The van der Waals surface area contributed by atoms with Crippen molar-refractivity contribution in [2.45, 2.75) is 19.8 Å². The van der Waals surface area contributed by atoms with Crippen molar-refractivity contribution in [3.05, 3.63) is 69.9 Å². The number of esters is 1. The number of hydrogen-bond donors (Lipinski definition) is 2. The number of ether oxygens (including phenoxy) is 2. The molecule has 2 N–H and O–H groups in total. The van der Waals surface area contributed by atoms with E-state index in [0.717, 1.165) is 6.08 Å². The molecule has 216 valence electrons. The van der Waals surface area contributed by atoms with E-state index in [1.807, 2.05) is 6.07 Å². The molecule has 0 saturated heterocycles. The molecule has 3 rings (SSSR count). The van der Waals surface area contributed by atoms with Crippen LogP contribution in [0.15, 0.2) is 53.3 Å². The van der Waals surface area contributed by atoms with Crippen LogP contribution >= 0.6 is 0 Å². The van der Waals surface area contributed by atoms with Crippen LogP contribution in [0.2, 0.25) is 0 Å². The molecule has 1 aromatic carbocycles. The quantitative estimate of drug-likeness (QED) is 0.0641. The molecule has 0 saturated carbocycles. The number of nitro benzene ring substituents is 1. The largest absolute Gasteiger partial charge is 0.462 e. The van der Waals surface area contributed by atoms with E-state index < -0.39 is 10.9 Å². The number of azo groups is 1. The lowest BCUT2D eigenvalue weighted by Crippen LogP contribution is -2.13. The molecular formula is C27H28N10O5. The minimum absolute atomic E-state index is 0.00960. The standard InChI is InChI=1S/C27H28N10O5/c1-4-23(38)42-14-6-12-30-26-22(16-29)18(2)24(27(32-26)31-11-5-13-41-3)33-34-25-19(15-28)17-36(35-25)20-7-9-21(10-8-20)37(39)40/h4,7-10,17H,1,5-6,11-14H2,2-3H3,(H2,30,31,32). The Morgan fingerprint density at radius 3 is 2.45 bits per heavy atom. The number of nitriles is 2. The van der Waals surface area contributed by atoms with Gasteiger partial charge in [0.15, 0.2) is 5.82 Å². The van der Waals surface area contributed by atoms with Gasteiger partial charge in [0.2, 0.25) is 5.82 Å². The van der Waals surface area contributed by atoms with Crippen molar-refractivity contribution in [1.82, 2.24) is 14.8 Å². The Morgan fingerprint density at radius 2 is 1.83 bits per heavy atom. The number of nitrogens with zero attached hydrogens (tertiary/aromatic N) is 8. The molecule has 0 aliphatic rings. The number of methoxy groups -OCH3 is 1. The zero-order valence-corrected chi connectivity index (χ0v) is 23.0. The maximum absolute atomic E-state index is 11.2. The van der Waals surface area contributed by atoms with Gasteiger partial charge in [0, 0.05) is 50.6 Å². The summed E-state index contributed by atoms with van der Waals surface area (Å²) in [6.07, 6.45) is 3.66. The van der Waals surface area contributed by atoms with Crippen LogP contribution < -0.4 is 10.6 Å². The lowest BCUT2D eigenvalue weighted by molar-refractivity contribution is -0.384. The molecule has 0 atom stereocenters. The fourth-order valence-corrected chi connectivity index (χ4v) is 3.61. The zero-order chi connectivity index (χ0) is 30.5. The zero-order valence-electron chi connectivity index (χ0n) is 23.0. The summed E-state index contributed by atoms with van der Waals surface area (Å²) in [4.78, 5) is 26.3. The Bertz CT molecular complexity index is 1550. The monoisotopic (exact) mass is 572 g/mol. The maximum atomic E-state index is 11.2. The molecule has 0 unspecified atom stereocenters. The smallest absolute Gasteiger partial charge is 0.330 e. The molecule has 42 heavy (non-hydrogen) atoms. The van der Waals surface area contributed by atoms with Gasteiger partial charge in [0.1, 0.15) is 29.2 Å². The molecule has 3 aromatic rings. The van der Waals surface area contributed by atoms with Crippen molar-refractivity contribution in [2.75, 3.05) is 44.0 Å². The Kier molecular flexibility index (Phi) is 11.2. The molecule has 0 fully saturated rings. The number of carbonyl (C=O) groups excluding carboxylic acids is 1. The SMILES string of the molecule is C=CC(=O)OCCCNc1nc(NCCCOC)c(N=Nc2nn(-c3ccc([N+](=O)[O-])cc3)cc2C#N)c(C)c1C#N. The van der Waals surface area contributed by atoms with Crippen molar-refractivity contribution in [3.8, 4) is 17.8 Å². The summed E-state index contributed by atoms with van der Waals surface area (Å²) < 4.78 is 11.4. The molecule has 0 bridgehead atoms. The number of aromatic nitrogens is 3. The average Bonchev–Trinajstić information content (AvgIpc) is 3.42. The molecule has 2 heterocycles. The molecular weight excluding hydrogens is 544 g/mol. The lowest BCUT2D eigenvalue weighted by Gasteiger charge is -2.15. The Balaban J connectivity index is 1.92. The van der Waals surface area contributed by atoms with Crippen LogP contribution in [0.25, 0.3) is 5.69 Å². The number of non-ortho nitro benzene ring substituents is 1. The summed E-state index contributed by atoms with van der Waals surface area (Å²) in [6.45, 7) is 6.60. The number of rotatable bonds is 15. The second-order valence-electron chi connectivity index (χ2n) is 8.59. The molecule has 0 radical (unpaired) electrons. The second-order valence-corrected chi connectivity index (χ2v) is 8.59. The number of hydrogen-bond acceptors (Lipinski definition) is 13. The predicted octanol–water partition coefficient (Wildman–Crippen LogP) is 4.62. The molecule has 2 aromatic heterocycles. The molecule has 0 amide bonds. The first-order valence-corrected chi connectivity index (χ1v) is 12.7. The van der Waals surface area contributed by atoms with Gasteiger partial charge in [0.25, 0.3) is 5.69 Å². The van der Waals surface area contributed by atoms with Crippen molar-refractivity contribution in [3.63, 3.8) is 0 Å². The van der Waals surface area contributed by atoms with Crippen molar-refractivity contribution >= 4 is 34.8 Å². The molecule has 0 spiro atoms. The van der Waals surface area contributed by atoms with Gasteiger partial charge in [-0.3, -0.25) is 10.1 Å². The molecule has 0 aliphatic heterocycles. The maximum Gasteiger partial charge on any atom is 0.330 e. The van der Waals surface area contributed by atoms with Gasteiger partial charge in [-0.15, -0.1) is 15.3 Å². The number of pyridine rings is 1. The van der Waals surface area contributed by atoms with E-state index in [-0.39, 0.29) is 34.9 Å². The third kappa shape index (κ3) is 7.93. The van der Waals surface area contributed by atoms with Gasteiger partial charge in [-0.2, -0.15) is 10.5 Å². The highest BCUT2D eigenvalue weighted by Crippen LogP contribution is 2.35. The number of anilines is 2. The van der Waals surface area contributed by atoms with Crippen LogP contribution in [-0.4, -0.2) is 59.1 Å². The molecule has 15 nitrogen and oxygen atoms in total. The highest BCUT2D eigenvalue weighted by atomic mass is 16.6. The summed E-state index contributed by atoms with van der Waals surface area (Å²) in [5.74, 6) is 0.157. The first-order valence-electron chi connectivity index (χ1n) is 12.7. The summed E-state index contributed by atoms with van der Waals surface area (Å²) >= 11 is 0.